The van der Waals surface area contributed by atoms with E-state index in [-0.39, 0.29) is 11.3 Å². The molecule has 2 N–H and O–H groups in total. The van der Waals surface area contributed by atoms with E-state index in [0.717, 1.165) is 11.3 Å². The standard InChI is InChI=1S/C21H22N4O4/c1-28-18-9-13(26)10-19(29-2)15(18)11-25-8-6-14-17(12-25)23-20(24-21(14)27)16-5-3-4-7-22-16/h3-5,7,9-10,26H,6,8,11-12H2,1-2H3,(H,23,24,27). The first-order valence-corrected chi connectivity index (χ1v) is 9.28. The Morgan fingerprint density at radius 2 is 1.97 bits per heavy atom. The predicted octanol–water partition coefficient (Wildman–Crippen LogP) is 2.11. The average molecular weight is 394 g/mol. The fourth-order valence-corrected chi connectivity index (χ4v) is 3.60. The number of fused-ring (bicyclic) bond motifs is 1. The summed E-state index contributed by atoms with van der Waals surface area (Å²) in [7, 11) is 3.12. The van der Waals surface area contributed by atoms with Crippen molar-refractivity contribution in [2.75, 3.05) is 20.8 Å². The molecule has 8 nitrogen and oxygen atoms in total. The topological polar surface area (TPSA) is 101 Å². The molecule has 0 saturated carbocycles. The van der Waals surface area contributed by atoms with Gasteiger partial charge in [0.05, 0.1) is 25.5 Å². The maximum Gasteiger partial charge on any atom is 0.254 e. The minimum atomic E-state index is -0.116. The molecule has 0 fully saturated rings. The monoisotopic (exact) mass is 394 g/mol. The van der Waals surface area contributed by atoms with Crippen LogP contribution in [-0.4, -0.2) is 45.7 Å². The highest BCUT2D eigenvalue weighted by Gasteiger charge is 2.24. The van der Waals surface area contributed by atoms with Gasteiger partial charge in [0.1, 0.15) is 22.9 Å². The van der Waals surface area contributed by atoms with Crippen LogP contribution >= 0.6 is 0 Å². The van der Waals surface area contributed by atoms with E-state index in [4.69, 9.17) is 9.47 Å². The number of nitrogens with one attached hydrogen (secondary N) is 1. The number of rotatable bonds is 5. The van der Waals surface area contributed by atoms with Gasteiger partial charge >= 0.3 is 0 Å². The highest BCUT2D eigenvalue weighted by molar-refractivity contribution is 5.51. The third-order valence-electron chi connectivity index (χ3n) is 5.03. The molecular formula is C21H22N4O4. The third-order valence-corrected chi connectivity index (χ3v) is 5.03. The van der Waals surface area contributed by atoms with E-state index >= 15 is 0 Å². The average Bonchev–Trinajstić information content (AvgIpc) is 2.75. The van der Waals surface area contributed by atoms with Crippen LogP contribution in [-0.2, 0) is 19.5 Å². The highest BCUT2D eigenvalue weighted by atomic mass is 16.5. The van der Waals surface area contributed by atoms with Crippen LogP contribution in [0.4, 0.5) is 0 Å². The van der Waals surface area contributed by atoms with Crippen molar-refractivity contribution in [1.29, 1.82) is 0 Å². The van der Waals surface area contributed by atoms with Gasteiger partial charge in [-0.25, -0.2) is 4.98 Å². The van der Waals surface area contributed by atoms with E-state index in [9.17, 15) is 9.90 Å². The molecule has 3 aromatic rings. The molecule has 1 aromatic carbocycles. The van der Waals surface area contributed by atoms with Crippen LogP contribution in [0.15, 0.2) is 41.3 Å². The Morgan fingerprint density at radius 3 is 2.62 bits per heavy atom. The van der Waals surface area contributed by atoms with E-state index in [1.165, 1.54) is 0 Å². The molecule has 8 heteroatoms. The molecule has 0 aliphatic carbocycles. The largest absolute Gasteiger partial charge is 0.508 e. The van der Waals surface area contributed by atoms with Gasteiger partial charge in [-0.2, -0.15) is 0 Å². The van der Waals surface area contributed by atoms with Crippen LogP contribution in [0.2, 0.25) is 0 Å². The van der Waals surface area contributed by atoms with E-state index in [1.807, 2.05) is 18.2 Å². The maximum atomic E-state index is 12.6. The van der Waals surface area contributed by atoms with Crippen molar-refractivity contribution in [3.8, 4) is 28.8 Å². The number of ether oxygens (including phenoxy) is 2. The number of methoxy groups -OCH3 is 2. The summed E-state index contributed by atoms with van der Waals surface area (Å²) in [5, 5.41) is 9.86. The van der Waals surface area contributed by atoms with Gasteiger partial charge in [-0.15, -0.1) is 0 Å². The second-order valence-electron chi connectivity index (χ2n) is 6.84. The molecule has 2 aromatic heterocycles. The Balaban J connectivity index is 1.64. The highest BCUT2D eigenvalue weighted by Crippen LogP contribution is 2.35. The van der Waals surface area contributed by atoms with Crippen LogP contribution in [0.5, 0.6) is 17.2 Å². The maximum absolute atomic E-state index is 12.6. The first-order valence-electron chi connectivity index (χ1n) is 9.28. The van der Waals surface area contributed by atoms with Gasteiger partial charge in [0.2, 0.25) is 0 Å². The quantitative estimate of drug-likeness (QED) is 0.684. The van der Waals surface area contributed by atoms with Crippen LogP contribution in [0.3, 0.4) is 0 Å². The minimum absolute atomic E-state index is 0.0830. The number of phenols is 1. The molecular weight excluding hydrogens is 372 g/mol. The fourth-order valence-electron chi connectivity index (χ4n) is 3.60. The molecule has 0 spiro atoms. The molecule has 1 aliphatic heterocycles. The lowest BCUT2D eigenvalue weighted by Crippen LogP contribution is -2.35. The fraction of sp³-hybridized carbons (Fsp3) is 0.286. The smallest absolute Gasteiger partial charge is 0.254 e. The molecule has 1 aliphatic rings. The van der Waals surface area contributed by atoms with E-state index in [0.29, 0.717) is 54.6 Å². The van der Waals surface area contributed by atoms with Crippen molar-refractivity contribution < 1.29 is 14.6 Å². The van der Waals surface area contributed by atoms with Gasteiger partial charge in [0.25, 0.3) is 5.56 Å². The van der Waals surface area contributed by atoms with E-state index in [1.54, 1.807) is 32.5 Å². The first kappa shape index (κ1) is 18.9. The Kier molecular flexibility index (Phi) is 5.18. The van der Waals surface area contributed by atoms with Crippen molar-refractivity contribution in [2.45, 2.75) is 19.5 Å². The molecule has 3 heterocycles. The number of hydrogen-bond donors (Lipinski definition) is 2. The summed E-state index contributed by atoms with van der Waals surface area (Å²) >= 11 is 0. The summed E-state index contributed by atoms with van der Waals surface area (Å²) in [6, 6.07) is 8.63. The molecule has 0 radical (unpaired) electrons. The zero-order chi connectivity index (χ0) is 20.4. The second kappa shape index (κ2) is 7.92. The number of pyridine rings is 1. The molecule has 29 heavy (non-hydrogen) atoms. The lowest BCUT2D eigenvalue weighted by molar-refractivity contribution is 0.232. The van der Waals surface area contributed by atoms with Gasteiger partial charge in [-0.3, -0.25) is 14.7 Å². The van der Waals surface area contributed by atoms with Gasteiger partial charge in [0, 0.05) is 43.5 Å². The number of phenolic OH excluding ortho intramolecular Hbond substituents is 1. The SMILES string of the molecule is COc1cc(O)cc(OC)c1CN1CCc2c(nc(-c3ccccn3)[nH]c2=O)C1. The molecule has 0 bridgehead atoms. The number of H-pyrrole nitrogens is 1. The zero-order valence-electron chi connectivity index (χ0n) is 16.3. The van der Waals surface area contributed by atoms with Gasteiger partial charge in [-0.1, -0.05) is 6.07 Å². The summed E-state index contributed by atoms with van der Waals surface area (Å²) < 4.78 is 10.9. The number of hydrogen-bond acceptors (Lipinski definition) is 7. The summed E-state index contributed by atoms with van der Waals surface area (Å²) in [5.41, 5.74) is 2.82. The number of aromatic hydroxyl groups is 1. The number of aromatic amines is 1. The minimum Gasteiger partial charge on any atom is -0.508 e. The summed E-state index contributed by atoms with van der Waals surface area (Å²) in [6.45, 7) is 1.76. The van der Waals surface area contributed by atoms with Crippen LogP contribution in [0.25, 0.3) is 11.5 Å². The molecule has 0 amide bonds. The lowest BCUT2D eigenvalue weighted by atomic mass is 10.0. The molecule has 4 rings (SSSR count). The molecule has 150 valence electrons. The van der Waals surface area contributed by atoms with Crippen molar-refractivity contribution in [3.63, 3.8) is 0 Å². The normalized spacial score (nSPS) is 13.7. The Labute approximate surface area is 167 Å². The lowest BCUT2D eigenvalue weighted by Gasteiger charge is -2.28. The molecule has 0 saturated heterocycles. The zero-order valence-corrected chi connectivity index (χ0v) is 16.3. The third kappa shape index (κ3) is 3.79. The second-order valence-corrected chi connectivity index (χ2v) is 6.84. The van der Waals surface area contributed by atoms with Crippen molar-refractivity contribution >= 4 is 0 Å². The summed E-state index contributed by atoms with van der Waals surface area (Å²) in [5.74, 6) is 1.66. The van der Waals surface area contributed by atoms with Gasteiger partial charge < -0.3 is 19.6 Å². The number of aromatic nitrogens is 3. The van der Waals surface area contributed by atoms with Crippen molar-refractivity contribution in [1.82, 2.24) is 19.9 Å². The summed E-state index contributed by atoms with van der Waals surface area (Å²) in [4.78, 5) is 26.5. The van der Waals surface area contributed by atoms with Gasteiger partial charge in [0.15, 0.2) is 5.82 Å². The van der Waals surface area contributed by atoms with Crippen LogP contribution in [0, 0.1) is 0 Å². The Hall–Kier alpha value is -3.39. The first-order chi connectivity index (χ1) is 14.1. The number of benzene rings is 1. The Morgan fingerprint density at radius 1 is 1.21 bits per heavy atom. The predicted molar refractivity (Wildman–Crippen MR) is 107 cm³/mol. The van der Waals surface area contributed by atoms with E-state index in [2.05, 4.69) is 19.9 Å². The van der Waals surface area contributed by atoms with Gasteiger partial charge in [-0.05, 0) is 18.6 Å². The molecule has 0 unspecified atom stereocenters. The molecule has 0 atom stereocenters. The summed E-state index contributed by atoms with van der Waals surface area (Å²) in [6.07, 6.45) is 2.27. The van der Waals surface area contributed by atoms with Crippen molar-refractivity contribution in [3.05, 3.63) is 63.7 Å². The van der Waals surface area contributed by atoms with Crippen LogP contribution in [0.1, 0.15) is 16.8 Å². The van der Waals surface area contributed by atoms with Crippen molar-refractivity contribution in [2.24, 2.45) is 0 Å². The van der Waals surface area contributed by atoms with E-state index < -0.39 is 0 Å². The Bertz CT molecular complexity index is 1060. The number of nitrogens with zero attached hydrogens (tertiary/aromatic N) is 3. The van der Waals surface area contributed by atoms with Crippen LogP contribution < -0.4 is 15.0 Å².